The number of rotatable bonds is 4. The summed E-state index contributed by atoms with van der Waals surface area (Å²) in [6, 6.07) is 0. The second-order valence-electron chi connectivity index (χ2n) is 1.99. The summed E-state index contributed by atoms with van der Waals surface area (Å²) in [5.74, 6) is -4.08. The molecule has 4 N–H and O–H groups in total. The van der Waals surface area contributed by atoms with Gasteiger partial charge in [0.25, 0.3) is 5.78 Å². The van der Waals surface area contributed by atoms with Crippen LogP contribution in [-0.2, 0) is 14.4 Å². The monoisotopic (exact) mass is 185 g/mol. The van der Waals surface area contributed by atoms with Crippen LogP contribution in [0.25, 0.3) is 0 Å². The van der Waals surface area contributed by atoms with Crippen LogP contribution < -0.4 is 5.73 Å². The number of carboxylic acid groups (broad SMARTS) is 2. The van der Waals surface area contributed by atoms with E-state index >= 15 is 0 Å². The van der Waals surface area contributed by atoms with Crippen molar-refractivity contribution in [2.75, 3.05) is 0 Å². The van der Waals surface area contributed by atoms with Crippen LogP contribution in [-0.4, -0.2) is 27.9 Å². The number of ketones is 1. The minimum atomic E-state index is -1.65. The lowest BCUT2D eigenvalue weighted by molar-refractivity contribution is -0.146. The summed E-state index contributed by atoms with van der Waals surface area (Å²) in [5.41, 5.74) is 4.86. The number of allylic oxidation sites excluding steroid dienone is 1. The van der Waals surface area contributed by atoms with Gasteiger partial charge in [-0.05, 0) is 6.08 Å². The Hall–Kier alpha value is -2.11. The van der Waals surface area contributed by atoms with Gasteiger partial charge in [-0.15, -0.1) is 0 Å². The molecule has 0 aliphatic carbocycles. The van der Waals surface area contributed by atoms with Crippen LogP contribution in [0.2, 0.25) is 0 Å². The number of aliphatic carboxylic acids is 2. The van der Waals surface area contributed by atoms with Crippen molar-refractivity contribution in [2.45, 2.75) is 0 Å². The first-order valence-electron chi connectivity index (χ1n) is 3.09. The molecule has 0 amide bonds. The first-order valence-corrected chi connectivity index (χ1v) is 3.09. The smallest absolute Gasteiger partial charge is 0.376 e. The van der Waals surface area contributed by atoms with E-state index in [-0.39, 0.29) is 5.70 Å². The Morgan fingerprint density at radius 1 is 1.08 bits per heavy atom. The molecule has 6 nitrogen and oxygen atoms in total. The van der Waals surface area contributed by atoms with E-state index < -0.39 is 17.7 Å². The molecule has 0 rings (SSSR count). The lowest BCUT2D eigenvalue weighted by atomic mass is 10.3. The number of hydrogen-bond acceptors (Lipinski definition) is 4. The van der Waals surface area contributed by atoms with Crippen molar-refractivity contribution < 1.29 is 24.6 Å². The minimum absolute atomic E-state index is 0.227. The molecule has 0 bridgehead atoms. The molecule has 0 aliphatic heterocycles. The third-order valence-electron chi connectivity index (χ3n) is 0.927. The summed E-state index contributed by atoms with van der Waals surface area (Å²) in [5, 5.41) is 16.3. The van der Waals surface area contributed by atoms with Gasteiger partial charge in [0.1, 0.15) is 0 Å². The Bertz CT molecular complexity index is 302. The molecule has 70 valence electrons. The maximum Gasteiger partial charge on any atom is 0.376 e. The molecule has 0 aromatic heterocycles. The van der Waals surface area contributed by atoms with E-state index in [0.717, 1.165) is 6.08 Å². The molecule has 0 fully saturated rings. The van der Waals surface area contributed by atoms with Crippen molar-refractivity contribution in [1.29, 1.82) is 0 Å². The molecule has 0 radical (unpaired) electrons. The van der Waals surface area contributed by atoms with Crippen molar-refractivity contribution >= 4 is 17.7 Å². The van der Waals surface area contributed by atoms with Gasteiger partial charge >= 0.3 is 11.9 Å². The maximum absolute atomic E-state index is 10.5. The SMILES string of the molecule is N/C(C=CC(=O)O)=C/C(=O)C(=O)O. The Kier molecular flexibility index (Phi) is 3.94. The highest BCUT2D eigenvalue weighted by Gasteiger charge is 2.06. The van der Waals surface area contributed by atoms with Crippen molar-refractivity contribution in [1.82, 2.24) is 0 Å². The fourth-order valence-corrected chi connectivity index (χ4v) is 0.429. The van der Waals surface area contributed by atoms with E-state index in [1.807, 2.05) is 0 Å². The number of carboxylic acids is 2. The average Bonchev–Trinajstić information content (AvgIpc) is 2.00. The number of carbonyl (C=O) groups excluding carboxylic acids is 1. The zero-order valence-corrected chi connectivity index (χ0v) is 6.43. The zero-order chi connectivity index (χ0) is 10.4. The molecule has 0 unspecified atom stereocenters. The molecule has 0 atom stereocenters. The lowest BCUT2D eigenvalue weighted by Gasteiger charge is -1.89. The van der Waals surface area contributed by atoms with Gasteiger partial charge in [-0.2, -0.15) is 0 Å². The normalized spacial score (nSPS) is 11.5. The number of carbonyl (C=O) groups is 3. The van der Waals surface area contributed by atoms with Crippen molar-refractivity contribution in [3.63, 3.8) is 0 Å². The van der Waals surface area contributed by atoms with Crippen LogP contribution in [0, 0.1) is 0 Å². The molecule has 0 heterocycles. The Balaban J connectivity index is 4.42. The topological polar surface area (TPSA) is 118 Å². The van der Waals surface area contributed by atoms with Crippen LogP contribution in [0.1, 0.15) is 0 Å². The highest BCUT2D eigenvalue weighted by molar-refractivity contribution is 6.37. The predicted octanol–water partition coefficient (Wildman–Crippen LogP) is -0.876. The fraction of sp³-hybridized carbons (Fsp3) is 0. The standard InChI is InChI=1S/C7H7NO5/c8-4(1-2-6(10)11)3-5(9)7(12)13/h1-3H,8H2,(H,10,11)(H,12,13)/b2-1?,4-3+. The third-order valence-corrected chi connectivity index (χ3v) is 0.927. The Morgan fingerprint density at radius 2 is 1.62 bits per heavy atom. The zero-order valence-electron chi connectivity index (χ0n) is 6.43. The van der Waals surface area contributed by atoms with Gasteiger partial charge in [0.05, 0.1) is 0 Å². The van der Waals surface area contributed by atoms with Crippen molar-refractivity contribution in [3.8, 4) is 0 Å². The highest BCUT2D eigenvalue weighted by Crippen LogP contribution is 1.88. The van der Waals surface area contributed by atoms with Crippen LogP contribution in [0.15, 0.2) is 23.9 Å². The summed E-state index contributed by atoms with van der Waals surface area (Å²) >= 11 is 0. The molecular formula is C7H7NO5. The van der Waals surface area contributed by atoms with E-state index in [1.54, 1.807) is 0 Å². The van der Waals surface area contributed by atoms with Crippen LogP contribution >= 0.6 is 0 Å². The highest BCUT2D eigenvalue weighted by atomic mass is 16.4. The van der Waals surface area contributed by atoms with Gasteiger partial charge in [-0.25, -0.2) is 9.59 Å². The van der Waals surface area contributed by atoms with Gasteiger partial charge in [0.2, 0.25) is 0 Å². The molecule has 0 aromatic rings. The van der Waals surface area contributed by atoms with Crippen LogP contribution in [0.3, 0.4) is 0 Å². The molecule has 0 saturated carbocycles. The molecule has 0 aliphatic rings. The first kappa shape index (κ1) is 10.9. The summed E-state index contributed by atoms with van der Waals surface area (Å²) in [6.45, 7) is 0. The molecule has 13 heavy (non-hydrogen) atoms. The van der Waals surface area contributed by atoms with Crippen molar-refractivity contribution in [2.24, 2.45) is 5.73 Å². The van der Waals surface area contributed by atoms with Gasteiger partial charge in [0, 0.05) is 17.8 Å². The molecule has 0 aromatic carbocycles. The minimum Gasteiger partial charge on any atom is -0.478 e. The fourth-order valence-electron chi connectivity index (χ4n) is 0.429. The van der Waals surface area contributed by atoms with Gasteiger partial charge in [-0.3, -0.25) is 4.79 Å². The third kappa shape index (κ3) is 5.19. The van der Waals surface area contributed by atoms with Crippen LogP contribution in [0.5, 0.6) is 0 Å². The first-order chi connectivity index (χ1) is 5.93. The van der Waals surface area contributed by atoms with Gasteiger partial charge in [0.15, 0.2) is 0 Å². The Labute approximate surface area is 73.0 Å². The maximum atomic E-state index is 10.5. The second kappa shape index (κ2) is 4.70. The summed E-state index contributed by atoms with van der Waals surface area (Å²) < 4.78 is 0. The van der Waals surface area contributed by atoms with Gasteiger partial charge in [-0.1, -0.05) is 0 Å². The summed E-state index contributed by atoms with van der Waals surface area (Å²) in [4.78, 5) is 30.4. The van der Waals surface area contributed by atoms with E-state index in [2.05, 4.69) is 0 Å². The second-order valence-corrected chi connectivity index (χ2v) is 1.99. The largest absolute Gasteiger partial charge is 0.478 e. The van der Waals surface area contributed by atoms with E-state index in [1.165, 1.54) is 0 Å². The van der Waals surface area contributed by atoms with E-state index in [0.29, 0.717) is 12.2 Å². The lowest BCUT2D eigenvalue weighted by Crippen LogP contribution is -2.11. The van der Waals surface area contributed by atoms with Crippen LogP contribution in [0.4, 0.5) is 0 Å². The molecular weight excluding hydrogens is 178 g/mol. The molecule has 0 saturated heterocycles. The molecule has 6 heteroatoms. The van der Waals surface area contributed by atoms with Crippen molar-refractivity contribution in [3.05, 3.63) is 23.9 Å². The summed E-state index contributed by atoms with van der Waals surface area (Å²) in [7, 11) is 0. The van der Waals surface area contributed by atoms with Gasteiger partial charge < -0.3 is 15.9 Å². The quantitative estimate of drug-likeness (QED) is 0.297. The predicted molar refractivity (Wildman–Crippen MR) is 41.7 cm³/mol. The Morgan fingerprint density at radius 3 is 2.00 bits per heavy atom. The average molecular weight is 185 g/mol. The van der Waals surface area contributed by atoms with E-state index in [4.69, 9.17) is 15.9 Å². The molecule has 0 spiro atoms. The number of nitrogens with two attached hydrogens (primary N) is 1. The van der Waals surface area contributed by atoms with E-state index in [9.17, 15) is 14.4 Å². The summed E-state index contributed by atoms with van der Waals surface area (Å²) in [6.07, 6.45) is 2.24. The number of hydrogen-bond donors (Lipinski definition) is 3.